The first kappa shape index (κ1) is 11.4. The Labute approximate surface area is 92.7 Å². The molecule has 13 heavy (non-hydrogen) atoms. The van der Waals surface area contributed by atoms with E-state index in [2.05, 4.69) is 5.32 Å². The third-order valence-corrected chi connectivity index (χ3v) is 3.15. The van der Waals surface area contributed by atoms with Gasteiger partial charge in [0.2, 0.25) is 5.91 Å². The molecule has 2 rings (SSSR count). The van der Waals surface area contributed by atoms with Crippen LogP contribution in [0, 0.1) is 5.92 Å². The maximum absolute atomic E-state index is 11.3. The number of nitrogens with one attached hydrogen (secondary N) is 1. The first-order valence-corrected chi connectivity index (χ1v) is 4.70. The molecule has 2 aliphatic carbocycles. The van der Waals surface area contributed by atoms with Gasteiger partial charge < -0.3 is 11.1 Å². The van der Waals surface area contributed by atoms with E-state index in [1.165, 1.54) is 0 Å². The molecule has 3 N–H and O–H groups in total. The number of rotatable bonds is 2. The monoisotopic (exact) mass is 244 g/mol. The molecule has 2 fully saturated rings. The smallest absolute Gasteiger partial charge is 0.226 e. The van der Waals surface area contributed by atoms with Crippen molar-refractivity contribution in [3.8, 4) is 0 Å². The molecular weight excluding hydrogens is 234 g/mol. The summed E-state index contributed by atoms with van der Waals surface area (Å²) >= 11 is 11.4. The molecule has 6 heteroatoms. The van der Waals surface area contributed by atoms with Crippen LogP contribution in [-0.2, 0) is 4.79 Å². The molecule has 0 bridgehead atoms. The molecule has 0 aromatic heterocycles. The summed E-state index contributed by atoms with van der Waals surface area (Å²) in [5.74, 6) is -0.286. The number of amides is 1. The lowest BCUT2D eigenvalue weighted by Crippen LogP contribution is -2.32. The molecule has 3 atom stereocenters. The average molecular weight is 246 g/mol. The van der Waals surface area contributed by atoms with Crippen molar-refractivity contribution in [1.29, 1.82) is 0 Å². The molecule has 0 radical (unpaired) electrons. The zero-order chi connectivity index (χ0) is 8.93. The third kappa shape index (κ3) is 2.40. The van der Waals surface area contributed by atoms with Gasteiger partial charge in [0, 0.05) is 12.1 Å². The Kier molecular flexibility index (Phi) is 3.03. The summed E-state index contributed by atoms with van der Waals surface area (Å²) in [5.41, 5.74) is 5.52. The van der Waals surface area contributed by atoms with E-state index >= 15 is 0 Å². The minimum absolute atomic E-state index is 0. The van der Waals surface area contributed by atoms with Crippen LogP contribution in [0.15, 0.2) is 0 Å². The lowest BCUT2D eigenvalue weighted by molar-refractivity contribution is -0.122. The first-order valence-electron chi connectivity index (χ1n) is 3.94. The number of hydrogen-bond donors (Lipinski definition) is 2. The lowest BCUT2D eigenvalue weighted by Gasteiger charge is -2.02. The van der Waals surface area contributed by atoms with Crippen LogP contribution in [0.1, 0.15) is 12.8 Å². The fourth-order valence-electron chi connectivity index (χ4n) is 1.16. The third-order valence-electron chi connectivity index (χ3n) is 2.31. The molecule has 2 aliphatic rings. The highest BCUT2D eigenvalue weighted by Crippen LogP contribution is 2.53. The molecule has 2 saturated carbocycles. The molecule has 0 aliphatic heterocycles. The lowest BCUT2D eigenvalue weighted by atomic mass is 10.4. The minimum atomic E-state index is -0.816. The number of carbonyl (C=O) groups is 1. The molecule has 0 spiro atoms. The normalized spacial score (nSPS) is 38.8. The minimum Gasteiger partial charge on any atom is -0.351 e. The molecule has 3 unspecified atom stereocenters. The van der Waals surface area contributed by atoms with E-state index in [1.54, 1.807) is 0 Å². The van der Waals surface area contributed by atoms with E-state index in [4.69, 9.17) is 28.9 Å². The highest BCUT2D eigenvalue weighted by Gasteiger charge is 2.57. The fourth-order valence-corrected chi connectivity index (χ4v) is 1.67. The number of hydrogen-bond acceptors (Lipinski definition) is 2. The zero-order valence-electron chi connectivity index (χ0n) is 6.80. The van der Waals surface area contributed by atoms with Crippen LogP contribution in [0.3, 0.4) is 0 Å². The standard InChI is InChI=1S/C7H10Cl2N2O.ClH/c8-7(9)2-3(7)6(12)11-5-1-4(5)10;/h3-5H,1-2,10H2,(H,11,12);1H. The zero-order valence-corrected chi connectivity index (χ0v) is 9.12. The van der Waals surface area contributed by atoms with Crippen LogP contribution < -0.4 is 11.1 Å². The van der Waals surface area contributed by atoms with Crippen LogP contribution >= 0.6 is 35.6 Å². The molecular formula is C7H11Cl3N2O. The van der Waals surface area contributed by atoms with Gasteiger partial charge >= 0.3 is 0 Å². The Morgan fingerprint density at radius 3 is 2.31 bits per heavy atom. The molecule has 0 aromatic carbocycles. The van der Waals surface area contributed by atoms with Gasteiger partial charge in [0.05, 0.1) is 5.92 Å². The Morgan fingerprint density at radius 1 is 1.54 bits per heavy atom. The summed E-state index contributed by atoms with van der Waals surface area (Å²) < 4.78 is -0.816. The molecule has 0 aromatic rings. The highest BCUT2D eigenvalue weighted by atomic mass is 35.5. The van der Waals surface area contributed by atoms with E-state index in [0.717, 1.165) is 6.42 Å². The predicted octanol–water partition coefficient (Wildman–Crippen LogP) is 0.818. The van der Waals surface area contributed by atoms with Crippen LogP contribution in [0.4, 0.5) is 0 Å². The second-order valence-electron chi connectivity index (χ2n) is 3.53. The summed E-state index contributed by atoms with van der Waals surface area (Å²) in [5, 5.41) is 2.79. The van der Waals surface area contributed by atoms with Gasteiger partial charge in [-0.05, 0) is 12.8 Å². The summed E-state index contributed by atoms with van der Waals surface area (Å²) in [7, 11) is 0. The first-order chi connectivity index (χ1) is 5.50. The van der Waals surface area contributed by atoms with E-state index in [-0.39, 0.29) is 36.3 Å². The number of nitrogens with two attached hydrogens (primary N) is 1. The maximum atomic E-state index is 11.3. The number of halogens is 3. The van der Waals surface area contributed by atoms with Crippen molar-refractivity contribution in [1.82, 2.24) is 5.32 Å². The van der Waals surface area contributed by atoms with E-state index in [1.807, 2.05) is 0 Å². The molecule has 1 amide bonds. The molecule has 3 nitrogen and oxygen atoms in total. The van der Waals surface area contributed by atoms with Crippen molar-refractivity contribution in [3.63, 3.8) is 0 Å². The largest absolute Gasteiger partial charge is 0.351 e. The van der Waals surface area contributed by atoms with Crippen molar-refractivity contribution >= 4 is 41.5 Å². The maximum Gasteiger partial charge on any atom is 0.226 e. The SMILES string of the molecule is Cl.NC1CC1NC(=O)C1CC1(Cl)Cl. The second-order valence-corrected chi connectivity index (χ2v) is 5.07. The summed E-state index contributed by atoms with van der Waals surface area (Å²) in [4.78, 5) is 11.3. The summed E-state index contributed by atoms with van der Waals surface area (Å²) in [6.45, 7) is 0. The van der Waals surface area contributed by atoms with Gasteiger partial charge in [0.15, 0.2) is 0 Å². The average Bonchev–Trinajstić information content (AvgIpc) is 2.75. The Balaban J connectivity index is 0.000000845. The van der Waals surface area contributed by atoms with Gasteiger partial charge in [-0.25, -0.2) is 0 Å². The topological polar surface area (TPSA) is 55.1 Å². The van der Waals surface area contributed by atoms with Crippen molar-refractivity contribution in [2.24, 2.45) is 11.7 Å². The Bertz CT molecular complexity index is 234. The van der Waals surface area contributed by atoms with Crippen molar-refractivity contribution in [3.05, 3.63) is 0 Å². The van der Waals surface area contributed by atoms with Gasteiger partial charge in [-0.1, -0.05) is 0 Å². The second kappa shape index (κ2) is 3.46. The Hall–Kier alpha value is 0.300. The number of alkyl halides is 2. The molecule has 0 saturated heterocycles. The summed E-state index contributed by atoms with van der Waals surface area (Å²) in [6, 6.07) is 0.287. The van der Waals surface area contributed by atoms with E-state index < -0.39 is 4.33 Å². The quantitative estimate of drug-likeness (QED) is 0.708. The predicted molar refractivity (Wildman–Crippen MR) is 54.3 cm³/mol. The van der Waals surface area contributed by atoms with Crippen LogP contribution in [0.5, 0.6) is 0 Å². The van der Waals surface area contributed by atoms with E-state index in [9.17, 15) is 4.79 Å². The fraction of sp³-hybridized carbons (Fsp3) is 0.857. The van der Waals surface area contributed by atoms with Crippen molar-refractivity contribution in [2.75, 3.05) is 0 Å². The van der Waals surface area contributed by atoms with Gasteiger partial charge in [0.1, 0.15) is 4.33 Å². The molecule has 76 valence electrons. The highest BCUT2D eigenvalue weighted by molar-refractivity contribution is 6.52. The van der Waals surface area contributed by atoms with Gasteiger partial charge in [-0.2, -0.15) is 0 Å². The van der Waals surface area contributed by atoms with Gasteiger partial charge in [0.25, 0.3) is 0 Å². The van der Waals surface area contributed by atoms with Crippen molar-refractivity contribution in [2.45, 2.75) is 29.3 Å². The molecule has 0 heterocycles. The van der Waals surface area contributed by atoms with E-state index in [0.29, 0.717) is 6.42 Å². The Morgan fingerprint density at radius 2 is 2.00 bits per heavy atom. The van der Waals surface area contributed by atoms with Crippen LogP contribution in [0.25, 0.3) is 0 Å². The van der Waals surface area contributed by atoms with Crippen molar-refractivity contribution < 1.29 is 4.79 Å². The van der Waals surface area contributed by atoms with Crippen LogP contribution in [0.2, 0.25) is 0 Å². The van der Waals surface area contributed by atoms with Gasteiger partial charge in [-0.15, -0.1) is 35.6 Å². The van der Waals surface area contributed by atoms with Gasteiger partial charge in [-0.3, -0.25) is 4.79 Å². The van der Waals surface area contributed by atoms with Crippen LogP contribution in [-0.4, -0.2) is 22.3 Å². The summed E-state index contributed by atoms with van der Waals surface area (Å²) in [6.07, 6.45) is 1.43. The number of carbonyl (C=O) groups excluding carboxylic acids is 1.